The predicted octanol–water partition coefficient (Wildman–Crippen LogP) is 2.94. The normalized spacial score (nSPS) is 19.4. The van der Waals surface area contributed by atoms with E-state index in [9.17, 15) is 0 Å². The van der Waals surface area contributed by atoms with E-state index in [0.717, 1.165) is 5.56 Å². The molecule has 0 fully saturated rings. The monoisotopic (exact) mass is 214 g/mol. The second-order valence-electron chi connectivity index (χ2n) is 4.49. The molecule has 0 radical (unpaired) electrons. The fourth-order valence-electron chi connectivity index (χ4n) is 2.17. The summed E-state index contributed by atoms with van der Waals surface area (Å²) in [6.45, 7) is 8.71. The highest BCUT2D eigenvalue weighted by Crippen LogP contribution is 2.27. The molecular formula is C14H18N2. The van der Waals surface area contributed by atoms with Crippen LogP contribution in [-0.2, 0) is 0 Å². The first-order valence-corrected chi connectivity index (χ1v) is 5.74. The molecule has 1 aliphatic rings. The van der Waals surface area contributed by atoms with Crippen molar-refractivity contribution in [2.45, 2.75) is 39.9 Å². The average molecular weight is 214 g/mol. The molecule has 2 heteroatoms. The minimum atomic E-state index is 0.370. The molecule has 1 atom stereocenters. The van der Waals surface area contributed by atoms with Crippen LogP contribution < -0.4 is 4.90 Å². The molecule has 1 heterocycles. The molecule has 0 aromatic heterocycles. The molecule has 0 spiro atoms. The Kier molecular flexibility index (Phi) is 2.78. The van der Waals surface area contributed by atoms with Gasteiger partial charge in [-0.05, 0) is 39.8 Å². The molecule has 1 aromatic carbocycles. The lowest BCUT2D eigenvalue weighted by Crippen LogP contribution is -2.39. The molecule has 1 unspecified atom stereocenters. The zero-order valence-corrected chi connectivity index (χ0v) is 10.4. The van der Waals surface area contributed by atoms with Crippen molar-refractivity contribution in [1.29, 1.82) is 0 Å². The van der Waals surface area contributed by atoms with Gasteiger partial charge in [-0.1, -0.05) is 12.1 Å². The van der Waals surface area contributed by atoms with Crippen molar-refractivity contribution in [3.63, 3.8) is 0 Å². The Balaban J connectivity index is 2.26. The second kappa shape index (κ2) is 4.09. The average Bonchev–Trinajstić information content (AvgIpc) is 2.61. The van der Waals surface area contributed by atoms with Gasteiger partial charge in [0.15, 0.2) is 0 Å². The topological polar surface area (TPSA) is 6.48 Å². The van der Waals surface area contributed by atoms with Gasteiger partial charge in [0, 0.05) is 24.0 Å². The molecule has 2 rings (SSSR count). The molecule has 16 heavy (non-hydrogen) atoms. The fourth-order valence-corrected chi connectivity index (χ4v) is 2.17. The Morgan fingerprint density at radius 2 is 2.06 bits per heavy atom. The predicted molar refractivity (Wildman–Crippen MR) is 66.9 cm³/mol. The standard InChI is InChI=1S/C14H18N2/c1-11(2)15-9-10-16(13(15)4)14-8-6-5-7-12(14)3/h6,8-11,13H,1-4H3. The van der Waals surface area contributed by atoms with E-state index in [1.807, 2.05) is 6.07 Å². The lowest BCUT2D eigenvalue weighted by molar-refractivity contribution is 0.263. The summed E-state index contributed by atoms with van der Waals surface area (Å²) in [7, 11) is 0. The zero-order chi connectivity index (χ0) is 11.7. The third-order valence-corrected chi connectivity index (χ3v) is 3.08. The van der Waals surface area contributed by atoms with Crippen molar-refractivity contribution < 1.29 is 0 Å². The number of hydrogen-bond acceptors (Lipinski definition) is 2. The zero-order valence-electron chi connectivity index (χ0n) is 10.4. The van der Waals surface area contributed by atoms with Gasteiger partial charge < -0.3 is 9.80 Å². The van der Waals surface area contributed by atoms with E-state index in [1.54, 1.807) is 0 Å². The molecule has 0 saturated heterocycles. The summed E-state index contributed by atoms with van der Waals surface area (Å²) >= 11 is 0. The summed E-state index contributed by atoms with van der Waals surface area (Å²) in [5.74, 6) is 0. The van der Waals surface area contributed by atoms with Gasteiger partial charge in [-0.3, -0.25) is 0 Å². The Morgan fingerprint density at radius 1 is 1.31 bits per heavy atom. The molecule has 0 saturated carbocycles. The van der Waals surface area contributed by atoms with Crippen molar-refractivity contribution in [1.82, 2.24) is 4.90 Å². The maximum Gasteiger partial charge on any atom is 0.103 e. The van der Waals surface area contributed by atoms with E-state index in [4.69, 9.17) is 0 Å². The van der Waals surface area contributed by atoms with Crippen LogP contribution >= 0.6 is 0 Å². The number of hydrogen-bond donors (Lipinski definition) is 0. The van der Waals surface area contributed by atoms with Gasteiger partial charge in [0.2, 0.25) is 0 Å². The van der Waals surface area contributed by atoms with E-state index >= 15 is 0 Å². The molecule has 1 aromatic rings. The second-order valence-corrected chi connectivity index (χ2v) is 4.49. The quantitative estimate of drug-likeness (QED) is 0.747. The first-order chi connectivity index (χ1) is 7.61. The summed E-state index contributed by atoms with van der Waals surface area (Å²) in [6.07, 6.45) is 4.67. The number of rotatable bonds is 2. The minimum Gasteiger partial charge on any atom is -0.353 e. The third kappa shape index (κ3) is 1.74. The van der Waals surface area contributed by atoms with Crippen LogP contribution in [0.15, 0.2) is 24.5 Å². The van der Waals surface area contributed by atoms with Crippen molar-refractivity contribution in [3.8, 4) is 0 Å². The summed E-state index contributed by atoms with van der Waals surface area (Å²) in [4.78, 5) is 4.62. The molecule has 0 amide bonds. The SMILES string of the molecule is Cc1c#cccc1N1C=CN(C(C)C)C1C. The third-order valence-electron chi connectivity index (χ3n) is 3.08. The van der Waals surface area contributed by atoms with Crippen LogP contribution in [0.1, 0.15) is 26.3 Å². The molecule has 84 valence electrons. The van der Waals surface area contributed by atoms with Crippen molar-refractivity contribution >= 4 is 5.69 Å². The summed E-state index contributed by atoms with van der Waals surface area (Å²) < 4.78 is 0. The van der Waals surface area contributed by atoms with Crippen LogP contribution in [0.2, 0.25) is 0 Å². The molecule has 0 bridgehead atoms. The number of anilines is 1. The number of nitrogens with zero attached hydrogens (tertiary/aromatic N) is 2. The van der Waals surface area contributed by atoms with Gasteiger partial charge in [-0.2, -0.15) is 0 Å². The molecule has 1 aliphatic heterocycles. The van der Waals surface area contributed by atoms with Gasteiger partial charge in [-0.15, -0.1) is 0 Å². The maximum atomic E-state index is 3.12. The first-order valence-electron chi connectivity index (χ1n) is 5.74. The van der Waals surface area contributed by atoms with Crippen molar-refractivity contribution in [3.05, 3.63) is 42.2 Å². The van der Waals surface area contributed by atoms with Crippen LogP contribution in [0, 0.1) is 19.1 Å². The van der Waals surface area contributed by atoms with Crippen LogP contribution in [0.3, 0.4) is 0 Å². The van der Waals surface area contributed by atoms with E-state index in [2.05, 4.69) is 68.1 Å². The van der Waals surface area contributed by atoms with Gasteiger partial charge in [0.25, 0.3) is 0 Å². The van der Waals surface area contributed by atoms with Gasteiger partial charge >= 0.3 is 0 Å². The van der Waals surface area contributed by atoms with Crippen LogP contribution in [0.5, 0.6) is 0 Å². The van der Waals surface area contributed by atoms with Crippen LogP contribution in [-0.4, -0.2) is 17.1 Å². The minimum absolute atomic E-state index is 0.370. The van der Waals surface area contributed by atoms with E-state index in [1.165, 1.54) is 5.69 Å². The maximum absolute atomic E-state index is 3.12. The summed E-state index contributed by atoms with van der Waals surface area (Å²) in [6, 6.07) is 10.6. The summed E-state index contributed by atoms with van der Waals surface area (Å²) in [5, 5.41) is 0. The van der Waals surface area contributed by atoms with E-state index in [0.29, 0.717) is 12.2 Å². The highest BCUT2D eigenvalue weighted by molar-refractivity contribution is 5.55. The smallest absolute Gasteiger partial charge is 0.103 e. The summed E-state index contributed by atoms with van der Waals surface area (Å²) in [5.41, 5.74) is 2.36. The lowest BCUT2D eigenvalue weighted by atomic mass is 10.2. The Morgan fingerprint density at radius 3 is 2.62 bits per heavy atom. The molecule has 0 N–H and O–H groups in total. The molecular weight excluding hydrogens is 196 g/mol. The van der Waals surface area contributed by atoms with Gasteiger partial charge in [0.05, 0.1) is 5.69 Å². The Labute approximate surface area is 98.2 Å². The Bertz CT molecular complexity index is 395. The fraction of sp³-hybridized carbons (Fsp3) is 0.429. The highest BCUT2D eigenvalue weighted by Gasteiger charge is 2.25. The molecule has 0 aliphatic carbocycles. The van der Waals surface area contributed by atoms with Gasteiger partial charge in [0.1, 0.15) is 6.17 Å². The van der Waals surface area contributed by atoms with Crippen molar-refractivity contribution in [2.24, 2.45) is 0 Å². The van der Waals surface area contributed by atoms with Crippen LogP contribution in [0.25, 0.3) is 0 Å². The first kappa shape index (κ1) is 10.9. The highest BCUT2D eigenvalue weighted by atomic mass is 15.4. The largest absolute Gasteiger partial charge is 0.353 e. The van der Waals surface area contributed by atoms with Crippen LogP contribution in [0.4, 0.5) is 5.69 Å². The molecule has 2 nitrogen and oxygen atoms in total. The van der Waals surface area contributed by atoms with E-state index < -0.39 is 0 Å². The Hall–Kier alpha value is -1.62. The lowest BCUT2D eigenvalue weighted by Gasteiger charge is -2.32. The van der Waals surface area contributed by atoms with Crippen molar-refractivity contribution in [2.75, 3.05) is 4.90 Å². The van der Waals surface area contributed by atoms with E-state index in [-0.39, 0.29) is 0 Å². The van der Waals surface area contributed by atoms with Gasteiger partial charge in [-0.25, -0.2) is 0 Å².